The van der Waals surface area contributed by atoms with Gasteiger partial charge in [-0.05, 0) is 38.1 Å². The highest BCUT2D eigenvalue weighted by atomic mass is 19.4. The third-order valence-corrected chi connectivity index (χ3v) is 4.74. The topological polar surface area (TPSA) is 52.6 Å². The van der Waals surface area contributed by atoms with Gasteiger partial charge in [0.15, 0.2) is 6.10 Å². The lowest BCUT2D eigenvalue weighted by Crippen LogP contribution is -2.49. The maximum atomic E-state index is 12.4. The molecule has 0 radical (unpaired) electrons. The Bertz CT molecular complexity index is 370. The zero-order valence-electron chi connectivity index (χ0n) is 12.7. The molecule has 0 aromatic carbocycles. The first-order valence-electron chi connectivity index (χ1n) is 8.14. The standard InChI is InChI=1S/C15H25F3N2O2/c16-15(17,18)13(21)10-20-8-4-7-12(20)14(22)19-9-11-5-2-1-3-6-11/h11-13,21H,1-10H2,(H,19,22)/t12-,13+/m1/s1. The first kappa shape index (κ1) is 17.5. The summed E-state index contributed by atoms with van der Waals surface area (Å²) in [5, 5.41) is 12.1. The number of aliphatic hydroxyl groups is 1. The van der Waals surface area contributed by atoms with Gasteiger partial charge in [0.2, 0.25) is 5.91 Å². The predicted molar refractivity (Wildman–Crippen MR) is 76.2 cm³/mol. The summed E-state index contributed by atoms with van der Waals surface area (Å²) in [7, 11) is 0. The van der Waals surface area contributed by atoms with E-state index in [-0.39, 0.29) is 5.91 Å². The largest absolute Gasteiger partial charge is 0.415 e. The van der Waals surface area contributed by atoms with E-state index in [9.17, 15) is 23.1 Å². The molecule has 128 valence electrons. The zero-order chi connectivity index (χ0) is 16.2. The molecule has 1 saturated heterocycles. The van der Waals surface area contributed by atoms with Crippen LogP contribution in [0.3, 0.4) is 0 Å². The first-order valence-corrected chi connectivity index (χ1v) is 8.14. The second-order valence-electron chi connectivity index (χ2n) is 6.46. The van der Waals surface area contributed by atoms with Gasteiger partial charge in [0.05, 0.1) is 6.04 Å². The molecule has 22 heavy (non-hydrogen) atoms. The zero-order valence-corrected chi connectivity index (χ0v) is 12.7. The summed E-state index contributed by atoms with van der Waals surface area (Å²) in [4.78, 5) is 13.7. The molecule has 2 aliphatic rings. The molecule has 4 nitrogen and oxygen atoms in total. The van der Waals surface area contributed by atoms with Crippen molar-refractivity contribution in [2.45, 2.75) is 63.3 Å². The molecule has 0 spiro atoms. The van der Waals surface area contributed by atoms with Crippen LogP contribution in [0.1, 0.15) is 44.9 Å². The number of hydrogen-bond acceptors (Lipinski definition) is 3. The van der Waals surface area contributed by atoms with Crippen molar-refractivity contribution in [3.8, 4) is 0 Å². The minimum Gasteiger partial charge on any atom is -0.382 e. The van der Waals surface area contributed by atoms with Crippen LogP contribution in [0.5, 0.6) is 0 Å². The molecule has 1 aliphatic heterocycles. The van der Waals surface area contributed by atoms with Crippen LogP contribution in [0.25, 0.3) is 0 Å². The summed E-state index contributed by atoms with van der Waals surface area (Å²) in [5.74, 6) is 0.297. The van der Waals surface area contributed by atoms with Crippen LogP contribution in [0.4, 0.5) is 13.2 Å². The van der Waals surface area contributed by atoms with E-state index in [1.54, 1.807) is 0 Å². The minimum atomic E-state index is -4.63. The van der Waals surface area contributed by atoms with Gasteiger partial charge in [-0.15, -0.1) is 0 Å². The third-order valence-electron chi connectivity index (χ3n) is 4.74. The second-order valence-corrected chi connectivity index (χ2v) is 6.46. The fourth-order valence-corrected chi connectivity index (χ4v) is 3.42. The number of β-amino-alcohol motifs (C(OH)–C–C–N with tert-alkyl or cyclic N) is 1. The molecule has 0 unspecified atom stereocenters. The monoisotopic (exact) mass is 322 g/mol. The molecule has 0 bridgehead atoms. The molecule has 2 fully saturated rings. The van der Waals surface area contributed by atoms with Crippen LogP contribution >= 0.6 is 0 Å². The molecule has 1 saturated carbocycles. The Morgan fingerprint density at radius 3 is 2.50 bits per heavy atom. The van der Waals surface area contributed by atoms with Crippen LogP contribution in [-0.4, -0.2) is 53.9 Å². The Morgan fingerprint density at radius 1 is 1.18 bits per heavy atom. The molecular formula is C15H25F3N2O2. The van der Waals surface area contributed by atoms with Gasteiger partial charge in [-0.2, -0.15) is 13.2 Å². The molecule has 0 aromatic heterocycles. The van der Waals surface area contributed by atoms with Gasteiger partial charge in [-0.25, -0.2) is 0 Å². The number of alkyl halides is 3. The lowest BCUT2D eigenvalue weighted by molar-refractivity contribution is -0.208. The summed E-state index contributed by atoms with van der Waals surface area (Å²) in [6.07, 6.45) is 0.0684. The van der Waals surface area contributed by atoms with Crippen LogP contribution in [0.2, 0.25) is 0 Å². The quantitative estimate of drug-likeness (QED) is 0.815. The number of nitrogens with one attached hydrogen (secondary N) is 1. The molecule has 2 rings (SSSR count). The van der Waals surface area contributed by atoms with Crippen LogP contribution in [-0.2, 0) is 4.79 Å². The number of nitrogens with zero attached hydrogens (tertiary/aromatic N) is 1. The highest BCUT2D eigenvalue weighted by molar-refractivity contribution is 5.82. The number of carbonyl (C=O) groups is 1. The SMILES string of the molecule is O=C(NCC1CCCCC1)[C@H]1CCCN1C[C@H](O)C(F)(F)F. The maximum Gasteiger partial charge on any atom is 0.415 e. The van der Waals surface area contributed by atoms with Crippen LogP contribution in [0, 0.1) is 5.92 Å². The molecule has 1 amide bonds. The van der Waals surface area contributed by atoms with Crippen LogP contribution < -0.4 is 5.32 Å². The molecule has 7 heteroatoms. The molecule has 2 atom stereocenters. The van der Waals surface area contributed by atoms with E-state index in [1.807, 2.05) is 0 Å². The van der Waals surface area contributed by atoms with Gasteiger partial charge in [-0.3, -0.25) is 9.69 Å². The van der Waals surface area contributed by atoms with Gasteiger partial charge < -0.3 is 10.4 Å². The molecule has 0 aromatic rings. The molecular weight excluding hydrogens is 297 g/mol. The number of hydrogen-bond donors (Lipinski definition) is 2. The average Bonchev–Trinajstić information content (AvgIpc) is 2.93. The van der Waals surface area contributed by atoms with Gasteiger partial charge in [0, 0.05) is 13.1 Å². The fraction of sp³-hybridized carbons (Fsp3) is 0.933. The molecule has 1 aliphatic carbocycles. The summed E-state index contributed by atoms with van der Waals surface area (Å²) < 4.78 is 37.3. The first-order chi connectivity index (χ1) is 10.4. The van der Waals surface area contributed by atoms with Crippen molar-refractivity contribution < 1.29 is 23.1 Å². The lowest BCUT2D eigenvalue weighted by atomic mass is 9.89. The number of amides is 1. The number of rotatable bonds is 5. The van der Waals surface area contributed by atoms with Crippen molar-refractivity contribution in [2.75, 3.05) is 19.6 Å². The lowest BCUT2D eigenvalue weighted by Gasteiger charge is -2.28. The van der Waals surface area contributed by atoms with E-state index in [1.165, 1.54) is 24.2 Å². The van der Waals surface area contributed by atoms with E-state index in [4.69, 9.17) is 0 Å². The number of carbonyl (C=O) groups excluding carboxylic acids is 1. The van der Waals surface area contributed by atoms with Crippen molar-refractivity contribution in [1.82, 2.24) is 10.2 Å². The minimum absolute atomic E-state index is 0.197. The summed E-state index contributed by atoms with van der Waals surface area (Å²) >= 11 is 0. The fourth-order valence-electron chi connectivity index (χ4n) is 3.42. The number of halogens is 3. The highest BCUT2D eigenvalue weighted by Gasteiger charge is 2.42. The van der Waals surface area contributed by atoms with Crippen LogP contribution in [0.15, 0.2) is 0 Å². The Morgan fingerprint density at radius 2 is 1.86 bits per heavy atom. The van der Waals surface area contributed by atoms with E-state index < -0.39 is 24.9 Å². The van der Waals surface area contributed by atoms with Gasteiger partial charge in [0.25, 0.3) is 0 Å². The van der Waals surface area contributed by atoms with Crippen molar-refractivity contribution in [2.24, 2.45) is 5.92 Å². The Kier molecular flexibility index (Phi) is 6.09. The third kappa shape index (κ3) is 4.84. The highest BCUT2D eigenvalue weighted by Crippen LogP contribution is 2.25. The van der Waals surface area contributed by atoms with E-state index in [0.29, 0.717) is 31.8 Å². The summed E-state index contributed by atoms with van der Waals surface area (Å²) in [6, 6.07) is -0.541. The Labute approximate surface area is 129 Å². The summed E-state index contributed by atoms with van der Waals surface area (Å²) in [5.41, 5.74) is 0. The van der Waals surface area contributed by atoms with Crippen molar-refractivity contribution in [3.05, 3.63) is 0 Å². The van der Waals surface area contributed by atoms with Crippen molar-refractivity contribution in [3.63, 3.8) is 0 Å². The molecule has 2 N–H and O–H groups in total. The second kappa shape index (κ2) is 7.64. The van der Waals surface area contributed by atoms with Gasteiger partial charge in [0.1, 0.15) is 0 Å². The summed E-state index contributed by atoms with van der Waals surface area (Å²) in [6.45, 7) is 0.519. The van der Waals surface area contributed by atoms with Gasteiger partial charge >= 0.3 is 6.18 Å². The van der Waals surface area contributed by atoms with Crippen molar-refractivity contribution >= 4 is 5.91 Å². The predicted octanol–water partition coefficient (Wildman–Crippen LogP) is 2.07. The van der Waals surface area contributed by atoms with Crippen molar-refractivity contribution in [1.29, 1.82) is 0 Å². The number of aliphatic hydroxyl groups excluding tert-OH is 1. The van der Waals surface area contributed by atoms with Gasteiger partial charge in [-0.1, -0.05) is 19.3 Å². The van der Waals surface area contributed by atoms with E-state index in [0.717, 1.165) is 12.8 Å². The van der Waals surface area contributed by atoms with E-state index in [2.05, 4.69) is 5.32 Å². The van der Waals surface area contributed by atoms with E-state index >= 15 is 0 Å². The normalized spacial score (nSPS) is 26.1. The smallest absolute Gasteiger partial charge is 0.382 e. The number of likely N-dealkylation sites (tertiary alicyclic amines) is 1. The molecule has 1 heterocycles. The maximum absolute atomic E-state index is 12.4. The average molecular weight is 322 g/mol. The Balaban J connectivity index is 1.80. The Hall–Kier alpha value is -0.820.